The Balaban J connectivity index is 2.14. The molecule has 0 bridgehead atoms. The van der Waals surface area contributed by atoms with Crippen LogP contribution in [0.25, 0.3) is 0 Å². The van der Waals surface area contributed by atoms with E-state index >= 15 is 0 Å². The molecule has 0 saturated carbocycles. The van der Waals surface area contributed by atoms with Gasteiger partial charge in [-0.2, -0.15) is 12.6 Å². The summed E-state index contributed by atoms with van der Waals surface area (Å²) in [7, 11) is 1.88. The van der Waals surface area contributed by atoms with E-state index in [1.165, 1.54) is 0 Å². The molecule has 3 nitrogen and oxygen atoms in total. The molecule has 0 spiro atoms. The van der Waals surface area contributed by atoms with Crippen molar-refractivity contribution in [1.82, 2.24) is 4.90 Å². The molecule has 1 amide bonds. The van der Waals surface area contributed by atoms with Gasteiger partial charge in [0.2, 0.25) is 5.91 Å². The molecule has 0 aromatic heterocycles. The third kappa shape index (κ3) is 4.89. The van der Waals surface area contributed by atoms with E-state index in [-0.39, 0.29) is 5.91 Å². The number of nitrogens with zero attached hydrogens (tertiary/aromatic N) is 1. The fraction of sp³-hybridized carbons (Fsp3) is 0.909. The van der Waals surface area contributed by atoms with E-state index in [1.807, 2.05) is 11.9 Å². The Bertz CT molecular complexity index is 193. The first kappa shape index (κ1) is 12.8. The molecular formula is C11H21NO2S. The highest BCUT2D eigenvalue weighted by Crippen LogP contribution is 2.18. The normalized spacial score (nSPS) is 17.7. The Kier molecular flexibility index (Phi) is 6.10. The lowest BCUT2D eigenvalue weighted by molar-refractivity contribution is -0.129. The summed E-state index contributed by atoms with van der Waals surface area (Å²) < 4.78 is 5.30. The summed E-state index contributed by atoms with van der Waals surface area (Å²) in [6.45, 7) is 2.65. The lowest BCUT2D eigenvalue weighted by Crippen LogP contribution is -2.30. The molecule has 1 rings (SSSR count). The Morgan fingerprint density at radius 1 is 1.47 bits per heavy atom. The van der Waals surface area contributed by atoms with Gasteiger partial charge in [-0.15, -0.1) is 0 Å². The van der Waals surface area contributed by atoms with Crippen LogP contribution in [0.3, 0.4) is 0 Å². The van der Waals surface area contributed by atoms with Crippen molar-refractivity contribution in [3.8, 4) is 0 Å². The van der Waals surface area contributed by atoms with Gasteiger partial charge in [0.25, 0.3) is 0 Å². The molecule has 0 N–H and O–H groups in total. The molecule has 88 valence electrons. The zero-order valence-electron chi connectivity index (χ0n) is 9.45. The van der Waals surface area contributed by atoms with Crippen molar-refractivity contribution in [2.75, 3.05) is 32.6 Å². The zero-order valence-corrected chi connectivity index (χ0v) is 10.3. The van der Waals surface area contributed by atoms with Crippen LogP contribution < -0.4 is 0 Å². The lowest BCUT2D eigenvalue weighted by Gasteiger charge is -2.24. The monoisotopic (exact) mass is 231 g/mol. The van der Waals surface area contributed by atoms with Gasteiger partial charge in [0, 0.05) is 33.2 Å². The molecule has 0 aliphatic carbocycles. The van der Waals surface area contributed by atoms with Crippen molar-refractivity contribution >= 4 is 18.5 Å². The van der Waals surface area contributed by atoms with Crippen LogP contribution in [0.2, 0.25) is 0 Å². The fourth-order valence-electron chi connectivity index (χ4n) is 1.82. The molecule has 0 aromatic rings. The van der Waals surface area contributed by atoms with Gasteiger partial charge in [-0.3, -0.25) is 4.79 Å². The second kappa shape index (κ2) is 7.12. The quantitative estimate of drug-likeness (QED) is 0.728. The largest absolute Gasteiger partial charge is 0.381 e. The van der Waals surface area contributed by atoms with Crippen LogP contribution in [0.5, 0.6) is 0 Å². The minimum absolute atomic E-state index is 0.206. The van der Waals surface area contributed by atoms with Crippen molar-refractivity contribution < 1.29 is 9.53 Å². The maximum Gasteiger partial charge on any atom is 0.223 e. The lowest BCUT2D eigenvalue weighted by atomic mass is 9.96. The highest BCUT2D eigenvalue weighted by Gasteiger charge is 2.15. The molecule has 1 aliphatic heterocycles. The minimum atomic E-state index is 0.206. The summed E-state index contributed by atoms with van der Waals surface area (Å²) in [6.07, 6.45) is 3.95. The number of carbonyl (C=O) groups excluding carboxylic acids is 1. The van der Waals surface area contributed by atoms with Crippen molar-refractivity contribution in [3.63, 3.8) is 0 Å². The summed E-state index contributed by atoms with van der Waals surface area (Å²) in [5, 5.41) is 0. The number of rotatable bonds is 5. The van der Waals surface area contributed by atoms with E-state index in [9.17, 15) is 4.79 Å². The van der Waals surface area contributed by atoms with Crippen LogP contribution in [0, 0.1) is 5.92 Å². The third-order valence-electron chi connectivity index (χ3n) is 2.97. The van der Waals surface area contributed by atoms with Gasteiger partial charge in [0.05, 0.1) is 0 Å². The molecule has 0 unspecified atom stereocenters. The second-order valence-corrected chi connectivity index (χ2v) is 4.58. The molecule has 0 radical (unpaired) electrons. The van der Waals surface area contributed by atoms with Gasteiger partial charge in [-0.1, -0.05) is 0 Å². The van der Waals surface area contributed by atoms with Crippen molar-refractivity contribution in [3.05, 3.63) is 0 Å². The maximum absolute atomic E-state index is 11.5. The molecule has 1 heterocycles. The Hall–Kier alpha value is -0.220. The van der Waals surface area contributed by atoms with Gasteiger partial charge < -0.3 is 9.64 Å². The molecule has 0 aromatic carbocycles. The standard InChI is InChI=1S/C11H21NO2S/c1-12(11(13)5-9-15)6-2-10-3-7-14-8-4-10/h10,15H,2-9H2,1H3. The summed E-state index contributed by atoms with van der Waals surface area (Å²) in [5.41, 5.74) is 0. The van der Waals surface area contributed by atoms with Crippen LogP contribution in [-0.2, 0) is 9.53 Å². The molecular weight excluding hydrogens is 210 g/mol. The second-order valence-electron chi connectivity index (χ2n) is 4.13. The number of thiol groups is 1. The van der Waals surface area contributed by atoms with Crippen molar-refractivity contribution in [1.29, 1.82) is 0 Å². The highest BCUT2D eigenvalue weighted by molar-refractivity contribution is 7.80. The molecule has 1 aliphatic rings. The maximum atomic E-state index is 11.5. The Labute approximate surface area is 97.6 Å². The van der Waals surface area contributed by atoms with Gasteiger partial charge in [0.15, 0.2) is 0 Å². The fourth-order valence-corrected chi connectivity index (χ4v) is 2.01. The molecule has 15 heavy (non-hydrogen) atoms. The average Bonchev–Trinajstić information content (AvgIpc) is 2.27. The SMILES string of the molecule is CN(CCC1CCOCC1)C(=O)CCS. The van der Waals surface area contributed by atoms with E-state index in [0.717, 1.165) is 44.9 Å². The molecule has 1 saturated heterocycles. The van der Waals surface area contributed by atoms with Crippen molar-refractivity contribution in [2.45, 2.75) is 25.7 Å². The molecule has 0 atom stereocenters. The Morgan fingerprint density at radius 2 is 2.13 bits per heavy atom. The summed E-state index contributed by atoms with van der Waals surface area (Å²) in [5.74, 6) is 1.59. The van der Waals surface area contributed by atoms with Crippen molar-refractivity contribution in [2.24, 2.45) is 5.92 Å². The van der Waals surface area contributed by atoms with E-state index in [1.54, 1.807) is 0 Å². The van der Waals surface area contributed by atoms with Crippen LogP contribution >= 0.6 is 12.6 Å². The van der Waals surface area contributed by atoms with Gasteiger partial charge in [-0.25, -0.2) is 0 Å². The predicted molar refractivity (Wildman–Crippen MR) is 64.3 cm³/mol. The van der Waals surface area contributed by atoms with E-state index in [4.69, 9.17) is 4.74 Å². The van der Waals surface area contributed by atoms with E-state index in [0.29, 0.717) is 12.2 Å². The van der Waals surface area contributed by atoms with Crippen LogP contribution in [0.1, 0.15) is 25.7 Å². The van der Waals surface area contributed by atoms with Gasteiger partial charge in [0.1, 0.15) is 0 Å². The highest BCUT2D eigenvalue weighted by atomic mass is 32.1. The summed E-state index contributed by atoms with van der Waals surface area (Å²) >= 11 is 4.06. The molecule has 1 fully saturated rings. The van der Waals surface area contributed by atoms with Crippen LogP contribution in [0.4, 0.5) is 0 Å². The number of ether oxygens (including phenoxy) is 1. The smallest absolute Gasteiger partial charge is 0.223 e. The third-order valence-corrected chi connectivity index (χ3v) is 3.19. The number of amides is 1. The molecule has 4 heteroatoms. The first-order valence-electron chi connectivity index (χ1n) is 5.66. The Morgan fingerprint density at radius 3 is 2.73 bits per heavy atom. The summed E-state index contributed by atoms with van der Waals surface area (Å²) in [6, 6.07) is 0. The zero-order chi connectivity index (χ0) is 11.1. The van der Waals surface area contributed by atoms with Crippen LogP contribution in [0.15, 0.2) is 0 Å². The van der Waals surface area contributed by atoms with E-state index < -0.39 is 0 Å². The summed E-state index contributed by atoms with van der Waals surface area (Å²) in [4.78, 5) is 13.3. The minimum Gasteiger partial charge on any atom is -0.381 e. The van der Waals surface area contributed by atoms with Gasteiger partial charge in [-0.05, 0) is 30.9 Å². The van der Waals surface area contributed by atoms with Gasteiger partial charge >= 0.3 is 0 Å². The number of hydrogen-bond donors (Lipinski definition) is 1. The topological polar surface area (TPSA) is 29.5 Å². The van der Waals surface area contributed by atoms with Crippen LogP contribution in [-0.4, -0.2) is 43.4 Å². The number of carbonyl (C=O) groups is 1. The average molecular weight is 231 g/mol. The van der Waals surface area contributed by atoms with E-state index in [2.05, 4.69) is 12.6 Å². The predicted octanol–water partition coefficient (Wildman–Crippen LogP) is 1.58. The first-order valence-corrected chi connectivity index (χ1v) is 6.30. The first-order chi connectivity index (χ1) is 7.24. The number of hydrogen-bond acceptors (Lipinski definition) is 3.